The van der Waals surface area contributed by atoms with Crippen molar-refractivity contribution in [3.63, 3.8) is 0 Å². The Labute approximate surface area is 468 Å². The third-order valence-corrected chi connectivity index (χ3v) is 14.5. The fourth-order valence-electron chi connectivity index (χ4n) is 10.9. The first kappa shape index (κ1) is 48.3. The van der Waals surface area contributed by atoms with Gasteiger partial charge in [0.25, 0.3) is 0 Å². The van der Waals surface area contributed by atoms with Crippen molar-refractivity contribution in [1.82, 2.24) is 29.9 Å². The zero-order valence-electron chi connectivity index (χ0n) is 43.9. The van der Waals surface area contributed by atoms with Gasteiger partial charge in [0, 0.05) is 44.3 Å². The van der Waals surface area contributed by atoms with Gasteiger partial charge in [0.1, 0.15) is 11.6 Å². The number of rotatable bonds is 14. The van der Waals surface area contributed by atoms with Gasteiger partial charge in [-0.05, 0) is 94.3 Å². The van der Waals surface area contributed by atoms with Crippen molar-refractivity contribution in [2.24, 2.45) is 0 Å². The molecule has 0 atom stereocenters. The molecule has 2 heterocycles. The molecule has 0 saturated heterocycles. The lowest BCUT2D eigenvalue weighted by Crippen LogP contribution is -2.22. The Morgan fingerprint density at radius 1 is 0.198 bits per heavy atom. The van der Waals surface area contributed by atoms with Crippen LogP contribution in [0, 0.1) is 0 Å². The molecule has 0 aliphatic carbocycles. The molecule has 14 aromatic rings. The summed E-state index contributed by atoms with van der Waals surface area (Å²) in [5.74, 6) is 2.53. The Morgan fingerprint density at radius 2 is 0.407 bits per heavy atom. The molecule has 0 bridgehead atoms. The summed E-state index contributed by atoms with van der Waals surface area (Å²) in [7, 11) is 0. The van der Waals surface area contributed by atoms with E-state index in [0.717, 1.165) is 88.6 Å². The zero-order valence-corrected chi connectivity index (χ0v) is 43.9. The summed E-state index contributed by atoms with van der Waals surface area (Å²) < 4.78 is 0. The van der Waals surface area contributed by atoms with E-state index in [4.69, 9.17) is 29.9 Å². The first-order chi connectivity index (χ1) is 40.2. The molecule has 14 rings (SSSR count). The summed E-state index contributed by atoms with van der Waals surface area (Å²) in [4.78, 5) is 41.8. The van der Waals surface area contributed by atoms with Crippen LogP contribution in [0.4, 0.5) is 69.3 Å². The van der Waals surface area contributed by atoms with E-state index in [1.165, 1.54) is 0 Å². The highest BCUT2D eigenvalue weighted by molar-refractivity contribution is 6.02. The lowest BCUT2D eigenvalue weighted by molar-refractivity contribution is 0.835. The summed E-state index contributed by atoms with van der Waals surface area (Å²) >= 11 is 0. The summed E-state index contributed by atoms with van der Waals surface area (Å²) in [6, 6.07) is 100. The maximum Gasteiger partial charge on any atom is 0.239 e. The SMILES string of the molecule is c1ccc(N(c2nc(Cc3nc(N(c4ccccc4)c4cccc5ccccc45)nc(N(c4ccccc4)c4cccc5ccccc45)n3)nc(N(c3ccccc3)c3cccc4ccccc34)n2)c2cccc3ccccc23)cc1. The van der Waals surface area contributed by atoms with E-state index >= 15 is 0 Å². The van der Waals surface area contributed by atoms with Crippen LogP contribution in [0.2, 0.25) is 0 Å². The first-order valence-electron chi connectivity index (χ1n) is 27.0. The Bertz CT molecular complexity index is 3950. The fourth-order valence-corrected chi connectivity index (χ4v) is 10.9. The fraction of sp³-hybridized carbons (Fsp3) is 0.0141. The van der Waals surface area contributed by atoms with E-state index in [1.807, 2.05) is 72.8 Å². The number of hydrogen-bond acceptors (Lipinski definition) is 10. The number of benzene rings is 12. The molecule has 0 N–H and O–H groups in total. The lowest BCUT2D eigenvalue weighted by Gasteiger charge is -2.29. The Morgan fingerprint density at radius 3 is 0.654 bits per heavy atom. The maximum absolute atomic E-state index is 5.56. The van der Waals surface area contributed by atoms with Crippen molar-refractivity contribution in [1.29, 1.82) is 0 Å². The van der Waals surface area contributed by atoms with Crippen LogP contribution in [-0.2, 0) is 6.42 Å². The van der Waals surface area contributed by atoms with E-state index in [0.29, 0.717) is 35.4 Å². The molecule has 10 heteroatoms. The number of nitrogens with zero attached hydrogens (tertiary/aromatic N) is 10. The maximum atomic E-state index is 5.56. The predicted molar refractivity (Wildman–Crippen MR) is 331 cm³/mol. The minimum atomic E-state index is 0.0811. The molecule has 0 aliphatic heterocycles. The molecular weight excluding hydrogens is 993 g/mol. The Kier molecular flexibility index (Phi) is 12.7. The van der Waals surface area contributed by atoms with Crippen LogP contribution in [0.3, 0.4) is 0 Å². The van der Waals surface area contributed by atoms with Gasteiger partial charge in [0.2, 0.25) is 23.8 Å². The van der Waals surface area contributed by atoms with Crippen molar-refractivity contribution in [2.45, 2.75) is 6.42 Å². The molecule has 0 amide bonds. The van der Waals surface area contributed by atoms with Gasteiger partial charge in [-0.2, -0.15) is 29.9 Å². The summed E-state index contributed by atoms with van der Waals surface area (Å²) in [5.41, 5.74) is 7.13. The molecule has 0 saturated carbocycles. The molecule has 384 valence electrons. The van der Waals surface area contributed by atoms with Crippen LogP contribution in [0.5, 0.6) is 0 Å². The van der Waals surface area contributed by atoms with Gasteiger partial charge in [-0.3, -0.25) is 19.6 Å². The second-order valence-corrected chi connectivity index (χ2v) is 19.6. The topological polar surface area (TPSA) is 90.3 Å². The second kappa shape index (κ2) is 21.4. The third-order valence-electron chi connectivity index (χ3n) is 14.5. The monoisotopic (exact) mass is 1040 g/mol. The van der Waals surface area contributed by atoms with Crippen molar-refractivity contribution in [3.05, 3.63) is 303 Å². The molecule has 2 aromatic heterocycles. The minimum absolute atomic E-state index is 0.0811. The molecular formula is C71H50N10. The molecule has 10 nitrogen and oxygen atoms in total. The number of fused-ring (bicyclic) bond motifs is 4. The van der Waals surface area contributed by atoms with Gasteiger partial charge >= 0.3 is 0 Å². The normalized spacial score (nSPS) is 11.3. The summed E-state index contributed by atoms with van der Waals surface area (Å²) in [6.45, 7) is 0. The average molecular weight is 1040 g/mol. The van der Waals surface area contributed by atoms with Gasteiger partial charge < -0.3 is 0 Å². The molecule has 0 fully saturated rings. The highest BCUT2D eigenvalue weighted by Crippen LogP contribution is 2.44. The van der Waals surface area contributed by atoms with Crippen molar-refractivity contribution >= 4 is 112 Å². The second-order valence-electron chi connectivity index (χ2n) is 19.6. The van der Waals surface area contributed by atoms with Crippen molar-refractivity contribution < 1.29 is 0 Å². The van der Waals surface area contributed by atoms with Crippen molar-refractivity contribution in [3.8, 4) is 0 Å². The summed E-state index contributed by atoms with van der Waals surface area (Å²) in [5, 5.41) is 8.49. The number of para-hydroxylation sites is 4. The van der Waals surface area contributed by atoms with Crippen LogP contribution in [-0.4, -0.2) is 29.9 Å². The standard InChI is InChI=1S/C71H50N10/c1-5-33-54(34-6-1)78(62-45-21-29-50-25-13-17-41-58(50)62)68-72-66(73-69(76-68)79(55-35-7-2-8-36-55)63-46-22-30-51-26-14-18-42-59(51)63)49-67-74-70(80(56-37-9-3-10-38-56)64-47-23-31-52-27-15-19-43-60(52)64)77-71(75-67)81(57-39-11-4-12-40-57)65-48-24-32-53-28-16-20-44-61(53)65/h1-48H,49H2. The van der Waals surface area contributed by atoms with Crippen LogP contribution < -0.4 is 19.6 Å². The molecule has 12 aromatic carbocycles. The van der Waals surface area contributed by atoms with E-state index in [2.05, 4.69) is 238 Å². The predicted octanol–water partition coefficient (Wildman–Crippen LogP) is 18.1. The molecule has 0 radical (unpaired) electrons. The zero-order chi connectivity index (χ0) is 53.9. The lowest BCUT2D eigenvalue weighted by atomic mass is 10.1. The van der Waals surface area contributed by atoms with Crippen LogP contribution >= 0.6 is 0 Å². The van der Waals surface area contributed by atoms with Gasteiger partial charge in [0.05, 0.1) is 29.2 Å². The van der Waals surface area contributed by atoms with Gasteiger partial charge in [-0.1, -0.05) is 218 Å². The van der Waals surface area contributed by atoms with Crippen LogP contribution in [0.25, 0.3) is 43.1 Å². The number of anilines is 12. The van der Waals surface area contributed by atoms with Gasteiger partial charge in [-0.15, -0.1) is 0 Å². The van der Waals surface area contributed by atoms with Crippen LogP contribution in [0.1, 0.15) is 11.6 Å². The smallest absolute Gasteiger partial charge is 0.239 e. The highest BCUT2D eigenvalue weighted by atomic mass is 15.4. The molecule has 0 unspecified atom stereocenters. The Hall–Kier alpha value is -11.1. The van der Waals surface area contributed by atoms with E-state index in [9.17, 15) is 0 Å². The first-order valence-corrected chi connectivity index (χ1v) is 27.0. The molecule has 81 heavy (non-hydrogen) atoms. The van der Waals surface area contributed by atoms with E-state index in [-0.39, 0.29) is 6.42 Å². The quantitative estimate of drug-likeness (QED) is 0.105. The minimum Gasteiger partial charge on any atom is -0.278 e. The Balaban J connectivity index is 1.05. The van der Waals surface area contributed by atoms with E-state index < -0.39 is 0 Å². The molecule has 0 aliphatic rings. The number of hydrogen-bond donors (Lipinski definition) is 0. The van der Waals surface area contributed by atoms with Crippen molar-refractivity contribution in [2.75, 3.05) is 19.6 Å². The molecule has 0 spiro atoms. The summed E-state index contributed by atoms with van der Waals surface area (Å²) in [6.07, 6.45) is 0.0811. The number of aromatic nitrogens is 6. The third kappa shape index (κ3) is 9.42. The van der Waals surface area contributed by atoms with Crippen LogP contribution in [0.15, 0.2) is 291 Å². The average Bonchev–Trinajstić information content (AvgIpc) is 3.72. The highest BCUT2D eigenvalue weighted by Gasteiger charge is 2.28. The van der Waals surface area contributed by atoms with Gasteiger partial charge in [0.15, 0.2) is 0 Å². The van der Waals surface area contributed by atoms with Gasteiger partial charge in [-0.25, -0.2) is 0 Å². The largest absolute Gasteiger partial charge is 0.278 e. The van der Waals surface area contributed by atoms with E-state index in [1.54, 1.807) is 0 Å².